The summed E-state index contributed by atoms with van der Waals surface area (Å²) in [7, 11) is 1.81. The highest BCUT2D eigenvalue weighted by molar-refractivity contribution is 6.53. The van der Waals surface area contributed by atoms with Crippen molar-refractivity contribution in [2.24, 2.45) is 0 Å². The molecule has 70 valence electrons. The third-order valence-corrected chi connectivity index (χ3v) is 3.21. The molecule has 0 aromatic rings. The summed E-state index contributed by atoms with van der Waals surface area (Å²) >= 11 is 0. The van der Waals surface area contributed by atoms with E-state index in [0.717, 1.165) is 0 Å². The standard InChI is InChI=1S/C5H14O4Si.FH/c1-5-9-10(6-2,7-3)8-4;/h5H2,1-4H3;1H. The molecule has 0 aliphatic heterocycles. The molecule has 0 N–H and O–H groups in total. The van der Waals surface area contributed by atoms with Gasteiger partial charge in [0.15, 0.2) is 0 Å². The van der Waals surface area contributed by atoms with Crippen LogP contribution in [0.15, 0.2) is 0 Å². The van der Waals surface area contributed by atoms with Crippen molar-refractivity contribution < 1.29 is 22.4 Å². The van der Waals surface area contributed by atoms with Gasteiger partial charge in [-0.15, -0.1) is 0 Å². The largest absolute Gasteiger partial charge is 0.678 e. The van der Waals surface area contributed by atoms with Gasteiger partial charge in [0.05, 0.1) is 0 Å². The molecule has 0 saturated heterocycles. The van der Waals surface area contributed by atoms with E-state index >= 15 is 0 Å². The van der Waals surface area contributed by atoms with E-state index in [4.69, 9.17) is 17.7 Å². The molecular formula is C5H15FO4Si. The lowest BCUT2D eigenvalue weighted by Crippen LogP contribution is -2.46. The molecule has 0 radical (unpaired) electrons. The summed E-state index contributed by atoms with van der Waals surface area (Å²) in [6.45, 7) is 2.39. The Bertz CT molecular complexity index is 80.3. The van der Waals surface area contributed by atoms with Gasteiger partial charge in [0.25, 0.3) is 0 Å². The number of hydrogen-bond acceptors (Lipinski definition) is 4. The maximum Gasteiger partial charge on any atom is 0.678 e. The molecule has 4 nitrogen and oxygen atoms in total. The molecule has 0 bridgehead atoms. The second kappa shape index (κ2) is 6.68. The van der Waals surface area contributed by atoms with Crippen molar-refractivity contribution in [1.29, 1.82) is 0 Å². The molecule has 0 aliphatic carbocycles. The summed E-state index contributed by atoms with van der Waals surface area (Å²) in [5, 5.41) is 0. The third kappa shape index (κ3) is 3.78. The highest BCUT2D eigenvalue weighted by Gasteiger charge is 2.41. The molecule has 0 spiro atoms. The lowest BCUT2D eigenvalue weighted by molar-refractivity contribution is 0.00940. The smallest absolute Gasteiger partial charge is 0.355 e. The Hall–Kier alpha value is -0.0131. The van der Waals surface area contributed by atoms with Gasteiger partial charge in [0.1, 0.15) is 0 Å². The minimum Gasteiger partial charge on any atom is -0.355 e. The molecule has 0 amide bonds. The summed E-state index contributed by atoms with van der Waals surface area (Å²) < 4.78 is 20.0. The highest BCUT2D eigenvalue weighted by atomic mass is 28.4. The van der Waals surface area contributed by atoms with E-state index in [1.54, 1.807) is 0 Å². The molecule has 0 aliphatic rings. The summed E-state index contributed by atoms with van der Waals surface area (Å²) in [6.07, 6.45) is 0. The monoisotopic (exact) mass is 186 g/mol. The topological polar surface area (TPSA) is 36.9 Å². The fraction of sp³-hybridized carbons (Fsp3) is 1.00. The first kappa shape index (κ1) is 13.6. The van der Waals surface area contributed by atoms with E-state index in [-0.39, 0.29) is 4.70 Å². The van der Waals surface area contributed by atoms with Gasteiger partial charge in [-0.25, -0.2) is 0 Å². The van der Waals surface area contributed by atoms with Crippen molar-refractivity contribution in [2.75, 3.05) is 27.9 Å². The van der Waals surface area contributed by atoms with Crippen molar-refractivity contribution >= 4 is 9.05 Å². The van der Waals surface area contributed by atoms with Gasteiger partial charge in [-0.2, -0.15) is 0 Å². The predicted molar refractivity (Wildman–Crippen MR) is 40.9 cm³/mol. The Balaban J connectivity index is 0. The molecule has 0 fully saturated rings. The second-order valence-corrected chi connectivity index (χ2v) is 4.06. The van der Waals surface area contributed by atoms with Crippen LogP contribution in [0.1, 0.15) is 6.92 Å². The summed E-state index contributed by atoms with van der Waals surface area (Å²) in [5.41, 5.74) is 0. The predicted octanol–water partition coefficient (Wildman–Crippen LogP) is 0.550. The zero-order valence-electron chi connectivity index (χ0n) is 7.25. The van der Waals surface area contributed by atoms with E-state index in [2.05, 4.69) is 0 Å². The van der Waals surface area contributed by atoms with Crippen molar-refractivity contribution in [3.8, 4) is 0 Å². The van der Waals surface area contributed by atoms with Crippen LogP contribution in [0.4, 0.5) is 4.70 Å². The van der Waals surface area contributed by atoms with Crippen LogP contribution in [0.3, 0.4) is 0 Å². The SMILES string of the molecule is CCO[Si](OC)(OC)OC.F. The lowest BCUT2D eigenvalue weighted by Gasteiger charge is -2.21. The van der Waals surface area contributed by atoms with Gasteiger partial charge < -0.3 is 17.7 Å². The van der Waals surface area contributed by atoms with Crippen LogP contribution in [0.5, 0.6) is 0 Å². The highest BCUT2D eigenvalue weighted by Crippen LogP contribution is 2.06. The van der Waals surface area contributed by atoms with Gasteiger partial charge in [-0.05, 0) is 6.92 Å². The lowest BCUT2D eigenvalue weighted by atomic mass is 10.9. The molecular weight excluding hydrogens is 171 g/mol. The first-order chi connectivity index (χ1) is 4.74. The second-order valence-electron chi connectivity index (χ2n) is 1.55. The fourth-order valence-electron chi connectivity index (χ4n) is 0.604. The first-order valence-electron chi connectivity index (χ1n) is 3.04. The molecule has 0 rings (SSSR count). The average molecular weight is 186 g/mol. The van der Waals surface area contributed by atoms with E-state index in [1.807, 2.05) is 6.92 Å². The molecule has 0 heterocycles. The summed E-state index contributed by atoms with van der Waals surface area (Å²) in [6, 6.07) is 0. The molecule has 11 heavy (non-hydrogen) atoms. The summed E-state index contributed by atoms with van der Waals surface area (Å²) in [4.78, 5) is 0. The van der Waals surface area contributed by atoms with Crippen LogP contribution < -0.4 is 0 Å². The zero-order valence-corrected chi connectivity index (χ0v) is 8.25. The van der Waals surface area contributed by atoms with Gasteiger partial charge in [0, 0.05) is 27.9 Å². The molecule has 0 unspecified atom stereocenters. The molecule has 0 aromatic carbocycles. The van der Waals surface area contributed by atoms with Crippen LogP contribution in [-0.2, 0) is 17.7 Å². The first-order valence-corrected chi connectivity index (χ1v) is 4.67. The number of rotatable bonds is 5. The zero-order chi connectivity index (χ0) is 8.04. The van der Waals surface area contributed by atoms with E-state index in [9.17, 15) is 0 Å². The van der Waals surface area contributed by atoms with Crippen molar-refractivity contribution in [3.63, 3.8) is 0 Å². The number of hydrogen-bond donors (Lipinski definition) is 0. The van der Waals surface area contributed by atoms with Gasteiger partial charge in [0.2, 0.25) is 0 Å². The Labute approximate surface area is 67.3 Å². The van der Waals surface area contributed by atoms with Crippen molar-refractivity contribution in [1.82, 2.24) is 0 Å². The maximum atomic E-state index is 5.15. The Morgan fingerprint density at radius 3 is 1.45 bits per heavy atom. The number of halogens is 1. The Morgan fingerprint density at radius 2 is 1.36 bits per heavy atom. The van der Waals surface area contributed by atoms with Crippen molar-refractivity contribution in [2.45, 2.75) is 6.92 Å². The van der Waals surface area contributed by atoms with Crippen LogP contribution in [-0.4, -0.2) is 37.0 Å². The fourth-order valence-corrected chi connectivity index (χ4v) is 1.81. The van der Waals surface area contributed by atoms with E-state index in [0.29, 0.717) is 6.61 Å². The normalized spacial score (nSPS) is 10.9. The molecule has 0 aromatic heterocycles. The van der Waals surface area contributed by atoms with Crippen molar-refractivity contribution in [3.05, 3.63) is 0 Å². The van der Waals surface area contributed by atoms with Crippen LogP contribution >= 0.6 is 0 Å². The summed E-state index contributed by atoms with van der Waals surface area (Å²) in [5.74, 6) is 0. The molecule has 0 atom stereocenters. The minimum absolute atomic E-state index is 0. The quantitative estimate of drug-likeness (QED) is 0.588. The van der Waals surface area contributed by atoms with Gasteiger partial charge >= 0.3 is 9.05 Å². The molecule has 6 heteroatoms. The Morgan fingerprint density at radius 1 is 1.00 bits per heavy atom. The Kier molecular flexibility index (Phi) is 8.24. The molecule has 0 saturated carbocycles. The minimum atomic E-state index is -2.72. The van der Waals surface area contributed by atoms with Gasteiger partial charge in [-0.3, -0.25) is 4.70 Å². The van der Waals surface area contributed by atoms with Crippen LogP contribution in [0.2, 0.25) is 0 Å². The van der Waals surface area contributed by atoms with Crippen LogP contribution in [0, 0.1) is 0 Å². The van der Waals surface area contributed by atoms with Crippen LogP contribution in [0.25, 0.3) is 0 Å². The third-order valence-electron chi connectivity index (χ3n) is 1.07. The van der Waals surface area contributed by atoms with E-state index < -0.39 is 9.05 Å². The maximum absolute atomic E-state index is 5.15. The van der Waals surface area contributed by atoms with Gasteiger partial charge in [-0.1, -0.05) is 0 Å². The van der Waals surface area contributed by atoms with E-state index in [1.165, 1.54) is 21.3 Å². The average Bonchev–Trinajstić information content (AvgIpc) is 2.01.